The molecule has 3 heterocycles. The number of thiazole rings is 1. The molecule has 2 aromatic heterocycles. The number of aromatic nitrogens is 2. The maximum Gasteiger partial charge on any atom is 0.222 e. The lowest BCUT2D eigenvalue weighted by atomic mass is 9.97. The molecule has 1 aliphatic heterocycles. The van der Waals surface area contributed by atoms with Gasteiger partial charge in [0.2, 0.25) is 5.91 Å². The van der Waals surface area contributed by atoms with E-state index in [-0.39, 0.29) is 0 Å². The van der Waals surface area contributed by atoms with Gasteiger partial charge in [-0.2, -0.15) is 0 Å². The first-order chi connectivity index (χ1) is 11.6. The Balaban J connectivity index is 1.55. The van der Waals surface area contributed by atoms with E-state index in [1.54, 1.807) is 23.7 Å². The zero-order valence-corrected chi connectivity index (χ0v) is 15.3. The van der Waals surface area contributed by atoms with E-state index in [4.69, 9.17) is 4.98 Å². The molecule has 0 bridgehead atoms. The molecule has 2 aromatic rings. The number of rotatable bonds is 5. The molecule has 0 spiro atoms. The van der Waals surface area contributed by atoms with Crippen molar-refractivity contribution < 1.29 is 4.79 Å². The van der Waals surface area contributed by atoms with Crippen LogP contribution in [0.25, 0.3) is 11.3 Å². The van der Waals surface area contributed by atoms with Crippen LogP contribution in [0, 0.1) is 5.92 Å². The topological polar surface area (TPSA) is 46.1 Å². The molecule has 0 saturated carbocycles. The molecule has 1 saturated heterocycles. The van der Waals surface area contributed by atoms with Gasteiger partial charge in [-0.05, 0) is 37.3 Å². The highest BCUT2D eigenvalue weighted by Gasteiger charge is 2.25. The Labute approximate surface area is 147 Å². The van der Waals surface area contributed by atoms with Crippen LogP contribution in [0.1, 0.15) is 50.5 Å². The van der Waals surface area contributed by atoms with Crippen molar-refractivity contribution in [1.82, 2.24) is 14.9 Å². The number of piperidine rings is 1. The molecule has 3 rings (SSSR count). The summed E-state index contributed by atoms with van der Waals surface area (Å²) in [6, 6.07) is 3.99. The minimum Gasteiger partial charge on any atom is -0.343 e. The van der Waals surface area contributed by atoms with Crippen molar-refractivity contribution in [2.45, 2.75) is 45.4 Å². The summed E-state index contributed by atoms with van der Waals surface area (Å²) in [5.74, 6) is 1.40. The van der Waals surface area contributed by atoms with Gasteiger partial charge in [0.15, 0.2) is 0 Å². The predicted molar refractivity (Wildman–Crippen MR) is 98.0 cm³/mol. The van der Waals surface area contributed by atoms with E-state index in [9.17, 15) is 4.79 Å². The second-order valence-electron chi connectivity index (χ2n) is 6.89. The van der Waals surface area contributed by atoms with Crippen LogP contribution in [0.15, 0.2) is 29.9 Å². The van der Waals surface area contributed by atoms with Crippen molar-refractivity contribution >= 4 is 17.2 Å². The first-order valence-electron chi connectivity index (χ1n) is 8.77. The van der Waals surface area contributed by atoms with Crippen LogP contribution < -0.4 is 0 Å². The minimum atomic E-state index is 0.318. The zero-order valence-electron chi connectivity index (χ0n) is 14.4. The number of nitrogens with zero attached hydrogens (tertiary/aromatic N) is 3. The summed E-state index contributed by atoms with van der Waals surface area (Å²) in [6.45, 7) is 6.07. The zero-order chi connectivity index (χ0) is 16.9. The molecular weight excluding hydrogens is 318 g/mol. The van der Waals surface area contributed by atoms with Crippen LogP contribution in [0.3, 0.4) is 0 Å². The lowest BCUT2D eigenvalue weighted by Gasteiger charge is -2.31. The lowest BCUT2D eigenvalue weighted by Crippen LogP contribution is -2.37. The SMILES string of the molecule is CC(C)CCC(=O)N1CCC(c2nc(-c3ccncc3)cs2)CC1. The van der Waals surface area contributed by atoms with Crippen LogP contribution in [0.5, 0.6) is 0 Å². The van der Waals surface area contributed by atoms with E-state index in [2.05, 4.69) is 24.2 Å². The van der Waals surface area contributed by atoms with Gasteiger partial charge >= 0.3 is 0 Å². The Morgan fingerprint density at radius 2 is 2.00 bits per heavy atom. The summed E-state index contributed by atoms with van der Waals surface area (Å²) < 4.78 is 0. The summed E-state index contributed by atoms with van der Waals surface area (Å²) in [5, 5.41) is 3.33. The monoisotopic (exact) mass is 343 g/mol. The quantitative estimate of drug-likeness (QED) is 0.811. The van der Waals surface area contributed by atoms with Gasteiger partial charge in [0.05, 0.1) is 10.7 Å². The summed E-state index contributed by atoms with van der Waals surface area (Å²) in [7, 11) is 0. The van der Waals surface area contributed by atoms with Gasteiger partial charge in [-0.15, -0.1) is 11.3 Å². The maximum absolute atomic E-state index is 12.2. The predicted octanol–water partition coefficient (Wildman–Crippen LogP) is 4.35. The average Bonchev–Trinajstić information content (AvgIpc) is 3.10. The molecule has 0 N–H and O–H groups in total. The Morgan fingerprint density at radius 1 is 1.29 bits per heavy atom. The Hall–Kier alpha value is -1.75. The van der Waals surface area contributed by atoms with E-state index in [0.717, 1.165) is 43.6 Å². The molecule has 0 radical (unpaired) electrons. The highest BCUT2D eigenvalue weighted by Crippen LogP contribution is 2.33. The number of carbonyl (C=O) groups is 1. The van der Waals surface area contributed by atoms with Crippen molar-refractivity contribution in [2.75, 3.05) is 13.1 Å². The highest BCUT2D eigenvalue weighted by molar-refractivity contribution is 7.10. The van der Waals surface area contributed by atoms with Crippen LogP contribution >= 0.6 is 11.3 Å². The summed E-state index contributed by atoms with van der Waals surface area (Å²) in [6.07, 6.45) is 7.32. The molecule has 0 atom stereocenters. The standard InChI is InChI=1S/C19H25N3OS/c1-14(2)3-4-18(23)22-11-7-16(8-12-22)19-21-17(13-24-19)15-5-9-20-10-6-15/h5-6,9-10,13-14,16H,3-4,7-8,11-12H2,1-2H3. The Bertz CT molecular complexity index is 660. The smallest absolute Gasteiger partial charge is 0.222 e. The fourth-order valence-corrected chi connectivity index (χ4v) is 4.08. The third-order valence-electron chi connectivity index (χ3n) is 4.63. The Kier molecular flexibility index (Phi) is 5.61. The largest absolute Gasteiger partial charge is 0.343 e. The first-order valence-corrected chi connectivity index (χ1v) is 9.65. The molecule has 128 valence electrons. The van der Waals surface area contributed by atoms with Gasteiger partial charge in [-0.3, -0.25) is 9.78 Å². The first kappa shape index (κ1) is 17.1. The molecule has 0 aliphatic carbocycles. The van der Waals surface area contributed by atoms with Crippen molar-refractivity contribution in [3.05, 3.63) is 34.9 Å². The molecule has 5 heteroatoms. The molecular formula is C19H25N3OS. The number of hydrogen-bond acceptors (Lipinski definition) is 4. The normalized spacial score (nSPS) is 15.9. The van der Waals surface area contributed by atoms with Crippen LogP contribution in [-0.2, 0) is 4.79 Å². The van der Waals surface area contributed by atoms with Gasteiger partial charge in [-0.1, -0.05) is 13.8 Å². The van der Waals surface area contributed by atoms with E-state index >= 15 is 0 Å². The van der Waals surface area contributed by atoms with Crippen LogP contribution in [0.4, 0.5) is 0 Å². The van der Waals surface area contributed by atoms with Crippen molar-refractivity contribution in [3.63, 3.8) is 0 Å². The van der Waals surface area contributed by atoms with E-state index in [0.29, 0.717) is 24.2 Å². The molecule has 4 nitrogen and oxygen atoms in total. The second-order valence-corrected chi connectivity index (χ2v) is 7.78. The van der Waals surface area contributed by atoms with Gasteiger partial charge in [-0.25, -0.2) is 4.98 Å². The third kappa shape index (κ3) is 4.20. The number of amides is 1. The van der Waals surface area contributed by atoms with Crippen LogP contribution in [-0.4, -0.2) is 33.9 Å². The molecule has 1 fully saturated rings. The van der Waals surface area contributed by atoms with Crippen molar-refractivity contribution in [2.24, 2.45) is 5.92 Å². The molecule has 0 aromatic carbocycles. The second kappa shape index (κ2) is 7.88. The van der Waals surface area contributed by atoms with E-state index in [1.807, 2.05) is 17.0 Å². The highest BCUT2D eigenvalue weighted by atomic mass is 32.1. The van der Waals surface area contributed by atoms with Crippen molar-refractivity contribution in [1.29, 1.82) is 0 Å². The van der Waals surface area contributed by atoms with Gasteiger partial charge in [0.1, 0.15) is 0 Å². The van der Waals surface area contributed by atoms with Gasteiger partial charge < -0.3 is 4.90 Å². The maximum atomic E-state index is 12.2. The number of hydrogen-bond donors (Lipinski definition) is 0. The molecule has 1 amide bonds. The summed E-state index contributed by atoms with van der Waals surface area (Å²) >= 11 is 1.74. The van der Waals surface area contributed by atoms with Crippen LogP contribution in [0.2, 0.25) is 0 Å². The molecule has 24 heavy (non-hydrogen) atoms. The summed E-state index contributed by atoms with van der Waals surface area (Å²) in [4.78, 5) is 23.2. The number of carbonyl (C=O) groups excluding carboxylic acids is 1. The van der Waals surface area contributed by atoms with E-state index in [1.165, 1.54) is 5.01 Å². The minimum absolute atomic E-state index is 0.318. The fourth-order valence-electron chi connectivity index (χ4n) is 3.08. The van der Waals surface area contributed by atoms with Crippen molar-refractivity contribution in [3.8, 4) is 11.3 Å². The lowest BCUT2D eigenvalue weighted by molar-refractivity contribution is -0.132. The van der Waals surface area contributed by atoms with Gasteiger partial charge in [0.25, 0.3) is 0 Å². The van der Waals surface area contributed by atoms with Gasteiger partial charge in [0, 0.05) is 48.8 Å². The number of pyridine rings is 1. The number of likely N-dealkylation sites (tertiary alicyclic amines) is 1. The molecule has 1 aliphatic rings. The van der Waals surface area contributed by atoms with E-state index < -0.39 is 0 Å². The fraction of sp³-hybridized carbons (Fsp3) is 0.526. The Morgan fingerprint density at radius 3 is 2.67 bits per heavy atom. The third-order valence-corrected chi connectivity index (χ3v) is 5.64. The average molecular weight is 343 g/mol. The molecule has 0 unspecified atom stereocenters. The summed E-state index contributed by atoms with van der Waals surface area (Å²) in [5.41, 5.74) is 2.15.